The summed E-state index contributed by atoms with van der Waals surface area (Å²) in [7, 11) is 0. The van der Waals surface area contributed by atoms with Crippen molar-refractivity contribution in [1.82, 2.24) is 9.80 Å². The second kappa shape index (κ2) is 7.28. The average Bonchev–Trinajstić information content (AvgIpc) is 2.60. The van der Waals surface area contributed by atoms with Crippen LogP contribution in [0.25, 0.3) is 0 Å². The molecule has 19 heavy (non-hydrogen) atoms. The summed E-state index contributed by atoms with van der Waals surface area (Å²) in [6, 6.07) is 6.60. The third kappa shape index (κ3) is 4.20. The van der Waals surface area contributed by atoms with Crippen LogP contribution in [0.5, 0.6) is 0 Å². The van der Waals surface area contributed by atoms with Gasteiger partial charge >= 0.3 is 0 Å². The molecule has 0 N–H and O–H groups in total. The minimum Gasteiger partial charge on any atom is -0.301 e. The molecule has 1 heterocycles. The van der Waals surface area contributed by atoms with Crippen molar-refractivity contribution < 1.29 is 0 Å². The highest BCUT2D eigenvalue weighted by Gasteiger charge is 2.15. The molecular formula is C16H25ClN2. The second-order valence-electron chi connectivity index (χ2n) is 5.53. The van der Waals surface area contributed by atoms with E-state index >= 15 is 0 Å². The summed E-state index contributed by atoms with van der Waals surface area (Å²) < 4.78 is 0. The van der Waals surface area contributed by atoms with Gasteiger partial charge in [0.25, 0.3) is 0 Å². The zero-order chi connectivity index (χ0) is 13.7. The number of benzene rings is 1. The molecule has 0 spiro atoms. The van der Waals surface area contributed by atoms with Crippen LogP contribution in [-0.2, 0) is 6.54 Å². The van der Waals surface area contributed by atoms with Crippen molar-refractivity contribution in [2.75, 3.05) is 38.6 Å². The van der Waals surface area contributed by atoms with E-state index in [0.717, 1.165) is 32.1 Å². The minimum atomic E-state index is 0.747. The van der Waals surface area contributed by atoms with E-state index in [-0.39, 0.29) is 0 Å². The Balaban J connectivity index is 1.96. The summed E-state index contributed by atoms with van der Waals surface area (Å²) in [6.07, 6.45) is 1.25. The lowest BCUT2D eigenvalue weighted by Gasteiger charge is -2.23. The number of aryl methyl sites for hydroxylation is 2. The zero-order valence-electron chi connectivity index (χ0n) is 12.2. The van der Waals surface area contributed by atoms with E-state index in [2.05, 4.69) is 41.8 Å². The normalized spacial score (nSPS) is 18.5. The fourth-order valence-corrected chi connectivity index (χ4v) is 3.09. The van der Waals surface area contributed by atoms with Gasteiger partial charge < -0.3 is 4.90 Å². The van der Waals surface area contributed by atoms with Gasteiger partial charge in [-0.3, -0.25) is 4.90 Å². The molecule has 1 aromatic rings. The quantitative estimate of drug-likeness (QED) is 0.782. The van der Waals surface area contributed by atoms with Crippen molar-refractivity contribution in [3.63, 3.8) is 0 Å². The summed E-state index contributed by atoms with van der Waals surface area (Å²) in [4.78, 5) is 5.07. The van der Waals surface area contributed by atoms with Crippen molar-refractivity contribution in [3.8, 4) is 0 Å². The van der Waals surface area contributed by atoms with Gasteiger partial charge in [0.1, 0.15) is 0 Å². The molecule has 0 aromatic heterocycles. The summed E-state index contributed by atoms with van der Waals surface area (Å²) in [5.41, 5.74) is 4.34. The lowest BCUT2D eigenvalue weighted by Crippen LogP contribution is -2.31. The average molecular weight is 281 g/mol. The summed E-state index contributed by atoms with van der Waals surface area (Å²) in [5, 5.41) is 0. The molecular weight excluding hydrogens is 256 g/mol. The first-order valence-corrected chi connectivity index (χ1v) is 7.80. The van der Waals surface area contributed by atoms with Crippen LogP contribution in [0.3, 0.4) is 0 Å². The molecule has 0 amide bonds. The Morgan fingerprint density at radius 3 is 2.32 bits per heavy atom. The molecule has 1 aromatic carbocycles. The van der Waals surface area contributed by atoms with Crippen LogP contribution in [-0.4, -0.2) is 48.4 Å². The maximum atomic E-state index is 5.84. The van der Waals surface area contributed by atoms with Crippen molar-refractivity contribution in [3.05, 3.63) is 34.9 Å². The van der Waals surface area contributed by atoms with E-state index in [4.69, 9.17) is 11.6 Å². The highest BCUT2D eigenvalue weighted by Crippen LogP contribution is 2.17. The van der Waals surface area contributed by atoms with Crippen molar-refractivity contribution in [2.24, 2.45) is 0 Å². The minimum absolute atomic E-state index is 0.747. The highest BCUT2D eigenvalue weighted by molar-refractivity contribution is 6.18. The van der Waals surface area contributed by atoms with Gasteiger partial charge in [0.05, 0.1) is 0 Å². The Bertz CT molecular complexity index is 385. The molecule has 2 rings (SSSR count). The van der Waals surface area contributed by atoms with Crippen LogP contribution in [0.4, 0.5) is 0 Å². The maximum Gasteiger partial charge on any atom is 0.0351 e. The molecule has 0 saturated carbocycles. The summed E-state index contributed by atoms with van der Waals surface area (Å²) in [5.74, 6) is 0.747. The molecule has 0 radical (unpaired) electrons. The first-order valence-electron chi connectivity index (χ1n) is 7.26. The molecule has 0 aliphatic carbocycles. The van der Waals surface area contributed by atoms with Gasteiger partial charge in [0.2, 0.25) is 0 Å². The van der Waals surface area contributed by atoms with Crippen LogP contribution >= 0.6 is 11.6 Å². The standard InChI is InChI=1S/C16H25ClN2/c1-14-5-3-6-15(2)16(14)13-19-9-4-8-18(10-7-17)11-12-19/h3,5-6H,4,7-13H2,1-2H3. The van der Waals surface area contributed by atoms with Crippen molar-refractivity contribution in [2.45, 2.75) is 26.8 Å². The first-order chi connectivity index (χ1) is 9.20. The van der Waals surface area contributed by atoms with Gasteiger partial charge in [-0.1, -0.05) is 18.2 Å². The fraction of sp³-hybridized carbons (Fsp3) is 0.625. The fourth-order valence-electron chi connectivity index (χ4n) is 2.85. The van der Waals surface area contributed by atoms with E-state index in [1.54, 1.807) is 0 Å². The summed E-state index contributed by atoms with van der Waals surface area (Å²) in [6.45, 7) is 11.3. The van der Waals surface area contributed by atoms with Gasteiger partial charge in [-0.2, -0.15) is 0 Å². The van der Waals surface area contributed by atoms with E-state index in [1.165, 1.54) is 36.2 Å². The Labute approximate surface area is 122 Å². The van der Waals surface area contributed by atoms with Crippen LogP contribution in [0, 0.1) is 13.8 Å². The van der Waals surface area contributed by atoms with Crippen molar-refractivity contribution >= 4 is 11.6 Å². The van der Waals surface area contributed by atoms with E-state index in [9.17, 15) is 0 Å². The second-order valence-corrected chi connectivity index (χ2v) is 5.91. The smallest absolute Gasteiger partial charge is 0.0351 e. The van der Waals surface area contributed by atoms with Crippen LogP contribution in [0.1, 0.15) is 23.1 Å². The molecule has 0 unspecified atom stereocenters. The van der Waals surface area contributed by atoms with Crippen molar-refractivity contribution in [1.29, 1.82) is 0 Å². The Kier molecular flexibility index (Phi) is 5.68. The molecule has 0 bridgehead atoms. The lowest BCUT2D eigenvalue weighted by molar-refractivity contribution is 0.257. The third-order valence-corrected chi connectivity index (χ3v) is 4.28. The summed E-state index contributed by atoms with van der Waals surface area (Å²) >= 11 is 5.84. The number of alkyl halides is 1. The maximum absolute atomic E-state index is 5.84. The number of hydrogen-bond donors (Lipinski definition) is 0. The SMILES string of the molecule is Cc1cccc(C)c1CN1CCCN(CCCl)CC1. The third-order valence-electron chi connectivity index (χ3n) is 4.11. The van der Waals surface area contributed by atoms with Gasteiger partial charge in [-0.05, 0) is 50.0 Å². The molecule has 0 atom stereocenters. The zero-order valence-corrected chi connectivity index (χ0v) is 12.9. The first kappa shape index (κ1) is 14.8. The monoisotopic (exact) mass is 280 g/mol. The van der Waals surface area contributed by atoms with E-state index in [0.29, 0.717) is 0 Å². The number of nitrogens with zero attached hydrogens (tertiary/aromatic N) is 2. The van der Waals surface area contributed by atoms with Crippen LogP contribution < -0.4 is 0 Å². The molecule has 2 nitrogen and oxygen atoms in total. The predicted octanol–water partition coefficient (Wildman–Crippen LogP) is 3.05. The Morgan fingerprint density at radius 1 is 1.00 bits per heavy atom. The number of hydrogen-bond acceptors (Lipinski definition) is 2. The van der Waals surface area contributed by atoms with Crippen LogP contribution in [0.15, 0.2) is 18.2 Å². The number of halogens is 1. The van der Waals surface area contributed by atoms with Gasteiger partial charge in [-0.15, -0.1) is 11.6 Å². The topological polar surface area (TPSA) is 6.48 Å². The van der Waals surface area contributed by atoms with Gasteiger partial charge in [0.15, 0.2) is 0 Å². The van der Waals surface area contributed by atoms with E-state index < -0.39 is 0 Å². The Morgan fingerprint density at radius 2 is 1.63 bits per heavy atom. The number of rotatable bonds is 4. The lowest BCUT2D eigenvalue weighted by atomic mass is 10.0. The molecule has 1 saturated heterocycles. The van der Waals surface area contributed by atoms with Gasteiger partial charge in [0, 0.05) is 32.1 Å². The van der Waals surface area contributed by atoms with E-state index in [1.807, 2.05) is 0 Å². The predicted molar refractivity (Wildman–Crippen MR) is 83.0 cm³/mol. The molecule has 1 aliphatic heterocycles. The van der Waals surface area contributed by atoms with Crippen LogP contribution in [0.2, 0.25) is 0 Å². The highest BCUT2D eigenvalue weighted by atomic mass is 35.5. The Hall–Kier alpha value is -0.570. The molecule has 106 valence electrons. The molecule has 1 fully saturated rings. The molecule has 1 aliphatic rings. The van der Waals surface area contributed by atoms with Gasteiger partial charge in [-0.25, -0.2) is 0 Å². The molecule has 3 heteroatoms. The largest absolute Gasteiger partial charge is 0.301 e.